The number of amides is 1. The van der Waals surface area contributed by atoms with Gasteiger partial charge in [-0.2, -0.15) is 5.26 Å². The topological polar surface area (TPSA) is 88.4 Å². The second-order valence-corrected chi connectivity index (χ2v) is 8.49. The number of fused-ring (bicyclic) bond motifs is 1. The van der Waals surface area contributed by atoms with Crippen LogP contribution in [0.5, 0.6) is 5.75 Å². The molecule has 0 radical (unpaired) electrons. The highest BCUT2D eigenvalue weighted by Gasteiger charge is 2.12. The Morgan fingerprint density at radius 3 is 2.43 bits per heavy atom. The summed E-state index contributed by atoms with van der Waals surface area (Å²) in [5.74, 6) is -0.532. The molecule has 0 unspecified atom stereocenters. The summed E-state index contributed by atoms with van der Waals surface area (Å²) >= 11 is 6.41. The average Bonchev–Trinajstić information content (AvgIpc) is 2.91. The normalized spacial score (nSPS) is 11.0. The molecule has 0 saturated carbocycles. The van der Waals surface area contributed by atoms with Gasteiger partial charge in [-0.25, -0.2) is 4.79 Å². The van der Waals surface area contributed by atoms with Gasteiger partial charge in [0.2, 0.25) is 0 Å². The number of nitrogens with one attached hydrogen (secondary N) is 1. The van der Waals surface area contributed by atoms with Crippen LogP contribution in [0.15, 0.2) is 90.5 Å². The van der Waals surface area contributed by atoms with Gasteiger partial charge < -0.3 is 14.8 Å². The third-order valence-corrected chi connectivity index (χ3v) is 5.79. The van der Waals surface area contributed by atoms with Crippen LogP contribution in [0, 0.1) is 11.3 Å². The largest absolute Gasteiger partial charge is 0.487 e. The van der Waals surface area contributed by atoms with E-state index in [0.717, 1.165) is 16.3 Å². The van der Waals surface area contributed by atoms with Crippen molar-refractivity contribution in [3.05, 3.63) is 112 Å². The summed E-state index contributed by atoms with van der Waals surface area (Å²) in [6.45, 7) is 2.35. The van der Waals surface area contributed by atoms with Crippen molar-refractivity contribution in [1.82, 2.24) is 0 Å². The van der Waals surface area contributed by atoms with Gasteiger partial charge in [-0.05, 0) is 77.4 Å². The van der Waals surface area contributed by atoms with Crippen molar-refractivity contribution in [2.24, 2.45) is 0 Å². The van der Waals surface area contributed by atoms with Crippen molar-refractivity contribution in [1.29, 1.82) is 5.26 Å². The Labute approximate surface area is 219 Å². The Morgan fingerprint density at radius 1 is 0.973 bits per heavy atom. The van der Waals surface area contributed by atoms with E-state index in [1.54, 1.807) is 49.4 Å². The van der Waals surface area contributed by atoms with Crippen molar-refractivity contribution >= 4 is 46.0 Å². The summed E-state index contributed by atoms with van der Waals surface area (Å²) in [5.41, 5.74) is 2.29. The molecule has 0 bridgehead atoms. The smallest absolute Gasteiger partial charge is 0.338 e. The van der Waals surface area contributed by atoms with Gasteiger partial charge in [0, 0.05) is 5.69 Å². The standard InChI is InChI=1S/C30H23ClN2O4/c1-2-36-30(35)23-10-12-26(13-11-23)33-29(34)25(18-32)15-20-8-14-28(27(31)17-20)37-19-21-7-9-22-5-3-4-6-24(22)16-21/h3-17H,2,19H2,1H3,(H,33,34)/b25-15+. The molecule has 0 fully saturated rings. The Kier molecular flexibility index (Phi) is 8.19. The second-order valence-electron chi connectivity index (χ2n) is 8.08. The van der Waals surface area contributed by atoms with E-state index in [2.05, 4.69) is 17.4 Å². The lowest BCUT2D eigenvalue weighted by Crippen LogP contribution is -2.13. The first-order valence-corrected chi connectivity index (χ1v) is 11.9. The highest BCUT2D eigenvalue weighted by Crippen LogP contribution is 2.28. The highest BCUT2D eigenvalue weighted by atomic mass is 35.5. The number of carbonyl (C=O) groups excluding carboxylic acids is 2. The van der Waals surface area contributed by atoms with Crippen LogP contribution in [0.1, 0.15) is 28.4 Å². The number of benzene rings is 4. The van der Waals surface area contributed by atoms with E-state index in [1.165, 1.54) is 6.08 Å². The van der Waals surface area contributed by atoms with Crippen LogP contribution in [0.4, 0.5) is 5.69 Å². The number of anilines is 1. The van der Waals surface area contributed by atoms with Crippen LogP contribution >= 0.6 is 11.6 Å². The van der Waals surface area contributed by atoms with Gasteiger partial charge in [0.25, 0.3) is 5.91 Å². The predicted molar refractivity (Wildman–Crippen MR) is 144 cm³/mol. The number of hydrogen-bond donors (Lipinski definition) is 1. The number of rotatable bonds is 8. The summed E-state index contributed by atoms with van der Waals surface area (Å²) in [6.07, 6.45) is 1.45. The minimum Gasteiger partial charge on any atom is -0.487 e. The number of halogens is 1. The molecule has 1 N–H and O–H groups in total. The summed E-state index contributed by atoms with van der Waals surface area (Å²) in [5, 5.41) is 14.8. The first-order chi connectivity index (χ1) is 18.0. The van der Waals surface area contributed by atoms with Gasteiger partial charge in [-0.1, -0.05) is 54.1 Å². The fourth-order valence-corrected chi connectivity index (χ4v) is 3.87. The second kappa shape index (κ2) is 11.9. The maximum atomic E-state index is 12.6. The Bertz CT molecular complexity index is 1520. The summed E-state index contributed by atoms with van der Waals surface area (Å²) in [4.78, 5) is 24.4. The molecule has 0 aromatic heterocycles. The van der Waals surface area contributed by atoms with Gasteiger partial charge in [-0.15, -0.1) is 0 Å². The van der Waals surface area contributed by atoms with Crippen LogP contribution in [0.25, 0.3) is 16.8 Å². The number of ether oxygens (including phenoxy) is 2. The molecule has 6 nitrogen and oxygen atoms in total. The molecule has 0 aliphatic rings. The van der Waals surface area contributed by atoms with E-state index in [4.69, 9.17) is 21.1 Å². The van der Waals surface area contributed by atoms with Gasteiger partial charge in [0.05, 0.1) is 17.2 Å². The SMILES string of the molecule is CCOC(=O)c1ccc(NC(=O)/C(C#N)=C/c2ccc(OCc3ccc4ccccc4c3)c(Cl)c2)cc1. The third kappa shape index (κ3) is 6.54. The molecule has 1 amide bonds. The molecular weight excluding hydrogens is 488 g/mol. The average molecular weight is 511 g/mol. The first kappa shape index (κ1) is 25.5. The van der Waals surface area contributed by atoms with Crippen molar-refractivity contribution in [3.63, 3.8) is 0 Å². The van der Waals surface area contributed by atoms with E-state index >= 15 is 0 Å². The fraction of sp³-hybridized carbons (Fsp3) is 0.100. The van der Waals surface area contributed by atoms with Crippen molar-refractivity contribution < 1.29 is 19.1 Å². The lowest BCUT2D eigenvalue weighted by molar-refractivity contribution is -0.112. The van der Waals surface area contributed by atoms with E-state index in [0.29, 0.717) is 34.2 Å². The molecule has 0 aliphatic carbocycles. The third-order valence-electron chi connectivity index (χ3n) is 5.49. The fourth-order valence-electron chi connectivity index (χ4n) is 3.63. The molecule has 4 aromatic carbocycles. The van der Waals surface area contributed by atoms with Crippen molar-refractivity contribution in [2.45, 2.75) is 13.5 Å². The minimum absolute atomic E-state index is 0.102. The van der Waals surface area contributed by atoms with Gasteiger partial charge in [0.1, 0.15) is 24.0 Å². The molecule has 4 aromatic rings. The van der Waals surface area contributed by atoms with Crippen LogP contribution in [0.2, 0.25) is 5.02 Å². The van der Waals surface area contributed by atoms with Crippen molar-refractivity contribution in [3.8, 4) is 11.8 Å². The number of nitrogens with zero attached hydrogens (tertiary/aromatic N) is 1. The maximum Gasteiger partial charge on any atom is 0.338 e. The van der Waals surface area contributed by atoms with Gasteiger partial charge in [0.15, 0.2) is 0 Å². The first-order valence-electron chi connectivity index (χ1n) is 11.6. The van der Waals surface area contributed by atoms with E-state index in [-0.39, 0.29) is 12.2 Å². The number of carbonyl (C=O) groups is 2. The Morgan fingerprint density at radius 2 is 1.73 bits per heavy atom. The Balaban J connectivity index is 1.41. The van der Waals surface area contributed by atoms with Crippen LogP contribution in [-0.4, -0.2) is 18.5 Å². The molecule has 184 valence electrons. The Hall–Kier alpha value is -4.60. The van der Waals surface area contributed by atoms with Crippen molar-refractivity contribution in [2.75, 3.05) is 11.9 Å². The maximum absolute atomic E-state index is 12.6. The monoisotopic (exact) mass is 510 g/mol. The molecule has 0 aliphatic heterocycles. The molecule has 4 rings (SSSR count). The minimum atomic E-state index is -0.584. The quantitative estimate of drug-likeness (QED) is 0.160. The number of nitriles is 1. The summed E-state index contributed by atoms with van der Waals surface area (Å²) in [7, 11) is 0. The molecular formula is C30H23ClN2O4. The number of hydrogen-bond acceptors (Lipinski definition) is 5. The van der Waals surface area contributed by atoms with Crippen LogP contribution in [-0.2, 0) is 16.1 Å². The van der Waals surface area contributed by atoms with Gasteiger partial charge >= 0.3 is 5.97 Å². The zero-order valence-electron chi connectivity index (χ0n) is 20.0. The lowest BCUT2D eigenvalue weighted by atomic mass is 10.1. The molecule has 0 heterocycles. The lowest BCUT2D eigenvalue weighted by Gasteiger charge is -2.10. The van der Waals surface area contributed by atoms with E-state index in [9.17, 15) is 14.9 Å². The molecule has 0 spiro atoms. The molecule has 37 heavy (non-hydrogen) atoms. The van der Waals surface area contributed by atoms with Gasteiger partial charge in [-0.3, -0.25) is 4.79 Å². The summed E-state index contributed by atoms with van der Waals surface area (Å²) in [6, 6.07) is 27.4. The molecule has 0 saturated heterocycles. The highest BCUT2D eigenvalue weighted by molar-refractivity contribution is 6.32. The van der Waals surface area contributed by atoms with E-state index in [1.807, 2.05) is 36.4 Å². The van der Waals surface area contributed by atoms with Crippen LogP contribution < -0.4 is 10.1 Å². The predicted octanol–water partition coefficient (Wildman–Crippen LogP) is 6.79. The molecule has 0 atom stereocenters. The summed E-state index contributed by atoms with van der Waals surface area (Å²) < 4.78 is 10.8. The number of esters is 1. The van der Waals surface area contributed by atoms with E-state index < -0.39 is 11.9 Å². The van der Waals surface area contributed by atoms with Crippen LogP contribution in [0.3, 0.4) is 0 Å². The zero-order chi connectivity index (χ0) is 26.2. The zero-order valence-corrected chi connectivity index (χ0v) is 20.8. The molecule has 7 heteroatoms.